The maximum atomic E-state index is 8.79. The SMILES string of the molecule is Cc1ccc(N(N)O)cc1Cl. The van der Waals surface area contributed by atoms with Gasteiger partial charge in [-0.25, -0.2) is 5.84 Å². The molecule has 0 aliphatic rings. The molecule has 60 valence electrons. The fourth-order valence-corrected chi connectivity index (χ4v) is 0.899. The summed E-state index contributed by atoms with van der Waals surface area (Å²) in [6.45, 7) is 1.88. The molecule has 0 aliphatic heterocycles. The summed E-state index contributed by atoms with van der Waals surface area (Å²) in [6.07, 6.45) is 0. The van der Waals surface area contributed by atoms with Crippen LogP contribution < -0.4 is 11.0 Å². The van der Waals surface area contributed by atoms with E-state index in [2.05, 4.69) is 0 Å². The lowest BCUT2D eigenvalue weighted by Crippen LogP contribution is -2.25. The summed E-state index contributed by atoms with van der Waals surface area (Å²) in [7, 11) is 0. The van der Waals surface area contributed by atoms with Gasteiger partial charge >= 0.3 is 0 Å². The molecule has 1 aromatic rings. The van der Waals surface area contributed by atoms with Gasteiger partial charge < -0.3 is 0 Å². The Bertz CT molecular complexity index is 263. The van der Waals surface area contributed by atoms with Gasteiger partial charge in [-0.3, -0.25) is 5.21 Å². The molecular weight excluding hydrogens is 164 g/mol. The summed E-state index contributed by atoms with van der Waals surface area (Å²) in [5.41, 5.74) is 1.43. The second-order valence-corrected chi connectivity index (χ2v) is 2.69. The Morgan fingerprint density at radius 2 is 2.18 bits per heavy atom. The van der Waals surface area contributed by atoms with Crippen LogP contribution in [0.2, 0.25) is 5.02 Å². The highest BCUT2D eigenvalue weighted by atomic mass is 35.5. The molecule has 0 saturated carbocycles. The molecular formula is C7H9ClN2O. The van der Waals surface area contributed by atoms with Crippen LogP contribution in [0.25, 0.3) is 0 Å². The van der Waals surface area contributed by atoms with Crippen molar-refractivity contribution >= 4 is 17.3 Å². The lowest BCUT2D eigenvalue weighted by molar-refractivity contribution is 0.258. The van der Waals surface area contributed by atoms with Crippen LogP contribution in [0.3, 0.4) is 0 Å². The van der Waals surface area contributed by atoms with Gasteiger partial charge in [-0.2, -0.15) is 5.17 Å². The Hall–Kier alpha value is -0.770. The number of hydrogen-bond donors (Lipinski definition) is 2. The topological polar surface area (TPSA) is 49.5 Å². The molecule has 0 heterocycles. The molecule has 0 unspecified atom stereocenters. The van der Waals surface area contributed by atoms with Crippen LogP contribution in [0, 0.1) is 6.92 Å². The number of nitrogens with zero attached hydrogens (tertiary/aromatic N) is 1. The van der Waals surface area contributed by atoms with Crippen molar-refractivity contribution in [3.05, 3.63) is 28.8 Å². The van der Waals surface area contributed by atoms with Gasteiger partial charge in [0.25, 0.3) is 0 Å². The maximum absolute atomic E-state index is 8.79. The zero-order valence-corrected chi connectivity index (χ0v) is 6.84. The van der Waals surface area contributed by atoms with E-state index in [0.29, 0.717) is 15.9 Å². The van der Waals surface area contributed by atoms with Gasteiger partial charge in [-0.05, 0) is 24.6 Å². The highest BCUT2D eigenvalue weighted by Gasteiger charge is 1.99. The van der Waals surface area contributed by atoms with Gasteiger partial charge in [0.05, 0.1) is 5.69 Å². The molecule has 1 aromatic carbocycles. The predicted molar refractivity (Wildman–Crippen MR) is 44.6 cm³/mol. The molecule has 1 rings (SSSR count). The third-order valence-electron chi connectivity index (χ3n) is 1.42. The molecule has 0 amide bonds. The summed E-state index contributed by atoms with van der Waals surface area (Å²) in [4.78, 5) is 0. The first kappa shape index (κ1) is 8.33. The predicted octanol–water partition coefficient (Wildman–Crippen LogP) is 1.72. The summed E-state index contributed by atoms with van der Waals surface area (Å²) in [5.74, 6) is 5.06. The quantitative estimate of drug-likeness (QED) is 0.501. The number of hydrogen-bond acceptors (Lipinski definition) is 3. The Labute approximate surface area is 69.9 Å². The van der Waals surface area contributed by atoms with Crippen LogP contribution >= 0.6 is 11.6 Å². The molecule has 0 atom stereocenters. The Morgan fingerprint density at radius 3 is 2.64 bits per heavy atom. The van der Waals surface area contributed by atoms with Gasteiger partial charge in [-0.15, -0.1) is 0 Å². The van der Waals surface area contributed by atoms with Crippen LogP contribution in [0.5, 0.6) is 0 Å². The maximum Gasteiger partial charge on any atom is 0.0832 e. The second-order valence-electron chi connectivity index (χ2n) is 2.28. The van der Waals surface area contributed by atoms with Crippen LogP contribution in [-0.4, -0.2) is 5.21 Å². The van der Waals surface area contributed by atoms with Crippen molar-refractivity contribution in [1.29, 1.82) is 0 Å². The summed E-state index contributed by atoms with van der Waals surface area (Å²) >= 11 is 5.76. The largest absolute Gasteiger partial charge is 0.273 e. The standard InChI is InChI=1S/C7H9ClN2O/c1-5-2-3-6(10(9)11)4-7(5)8/h2-4,11H,9H2,1H3. The lowest BCUT2D eigenvalue weighted by Gasteiger charge is -2.09. The van der Waals surface area contributed by atoms with Crippen molar-refractivity contribution in [3.63, 3.8) is 0 Å². The average molecular weight is 173 g/mol. The van der Waals surface area contributed by atoms with Crippen molar-refractivity contribution in [2.24, 2.45) is 5.84 Å². The van der Waals surface area contributed by atoms with E-state index in [4.69, 9.17) is 22.7 Å². The van der Waals surface area contributed by atoms with Gasteiger partial charge in [0.15, 0.2) is 0 Å². The minimum Gasteiger partial charge on any atom is -0.273 e. The van der Waals surface area contributed by atoms with E-state index < -0.39 is 0 Å². The van der Waals surface area contributed by atoms with Gasteiger partial charge in [-0.1, -0.05) is 17.7 Å². The summed E-state index contributed by atoms with van der Waals surface area (Å²) in [5, 5.41) is 9.91. The van der Waals surface area contributed by atoms with Gasteiger partial charge in [0.2, 0.25) is 0 Å². The second kappa shape index (κ2) is 3.09. The van der Waals surface area contributed by atoms with Crippen molar-refractivity contribution in [2.45, 2.75) is 6.92 Å². The number of aryl methyl sites for hydroxylation is 1. The van der Waals surface area contributed by atoms with Gasteiger partial charge in [0, 0.05) is 5.02 Å². The molecule has 0 radical (unpaired) electrons. The van der Waals surface area contributed by atoms with E-state index in [1.54, 1.807) is 18.2 Å². The molecule has 0 aliphatic carbocycles. The Balaban J connectivity index is 3.05. The van der Waals surface area contributed by atoms with E-state index in [9.17, 15) is 0 Å². The van der Waals surface area contributed by atoms with E-state index in [1.807, 2.05) is 6.92 Å². The van der Waals surface area contributed by atoms with Crippen molar-refractivity contribution in [3.8, 4) is 0 Å². The fourth-order valence-electron chi connectivity index (χ4n) is 0.724. The molecule has 3 nitrogen and oxygen atoms in total. The Morgan fingerprint density at radius 1 is 1.55 bits per heavy atom. The summed E-state index contributed by atoms with van der Waals surface area (Å²) in [6, 6.07) is 5.06. The van der Waals surface area contributed by atoms with Crippen molar-refractivity contribution in [1.82, 2.24) is 0 Å². The van der Waals surface area contributed by atoms with E-state index >= 15 is 0 Å². The fraction of sp³-hybridized carbons (Fsp3) is 0.143. The molecule has 4 heteroatoms. The molecule has 3 N–H and O–H groups in total. The summed E-state index contributed by atoms with van der Waals surface area (Å²) < 4.78 is 0. The Kier molecular flexibility index (Phi) is 2.34. The first-order chi connectivity index (χ1) is 5.11. The lowest BCUT2D eigenvalue weighted by atomic mass is 10.2. The first-order valence-electron chi connectivity index (χ1n) is 3.11. The molecule has 0 saturated heterocycles. The smallest absolute Gasteiger partial charge is 0.0832 e. The zero-order chi connectivity index (χ0) is 8.43. The number of rotatable bonds is 1. The molecule has 0 fully saturated rings. The van der Waals surface area contributed by atoms with Crippen LogP contribution in [0.4, 0.5) is 5.69 Å². The normalized spacial score (nSPS) is 9.82. The first-order valence-corrected chi connectivity index (χ1v) is 3.49. The highest BCUT2D eigenvalue weighted by molar-refractivity contribution is 6.31. The minimum absolute atomic E-state index is 0.473. The monoisotopic (exact) mass is 172 g/mol. The zero-order valence-electron chi connectivity index (χ0n) is 6.08. The number of anilines is 1. The van der Waals surface area contributed by atoms with Crippen LogP contribution in [-0.2, 0) is 0 Å². The average Bonchev–Trinajstić information content (AvgIpc) is 1.94. The number of halogens is 1. The van der Waals surface area contributed by atoms with Crippen LogP contribution in [0.15, 0.2) is 18.2 Å². The third-order valence-corrected chi connectivity index (χ3v) is 1.83. The third kappa shape index (κ3) is 1.83. The molecule has 0 aromatic heterocycles. The van der Waals surface area contributed by atoms with E-state index in [0.717, 1.165) is 5.56 Å². The number of benzene rings is 1. The number of hydrazine groups is 1. The van der Waals surface area contributed by atoms with Crippen molar-refractivity contribution in [2.75, 3.05) is 5.17 Å². The molecule has 11 heavy (non-hydrogen) atoms. The van der Waals surface area contributed by atoms with E-state index in [1.165, 1.54) is 0 Å². The highest BCUT2D eigenvalue weighted by Crippen LogP contribution is 2.20. The van der Waals surface area contributed by atoms with Crippen molar-refractivity contribution < 1.29 is 5.21 Å². The van der Waals surface area contributed by atoms with Gasteiger partial charge in [0.1, 0.15) is 0 Å². The van der Waals surface area contributed by atoms with E-state index in [-0.39, 0.29) is 0 Å². The minimum atomic E-state index is 0.473. The molecule has 0 spiro atoms. The molecule has 0 bridgehead atoms. The number of nitrogens with two attached hydrogens (primary N) is 1. The van der Waals surface area contributed by atoms with Crippen LogP contribution in [0.1, 0.15) is 5.56 Å².